The number of nitrogens with one attached hydrogen (secondary N) is 3. The molecule has 0 amide bonds. The van der Waals surface area contributed by atoms with Crippen LogP contribution in [0.2, 0.25) is 0 Å². The van der Waals surface area contributed by atoms with Crippen LogP contribution in [0.3, 0.4) is 0 Å². The molecule has 7 heteroatoms. The minimum Gasteiger partial charge on any atom is -0.310 e. The molecule has 116 valence electrons. The molecule has 20 heavy (non-hydrogen) atoms. The molecule has 0 aromatic carbocycles. The minimum absolute atomic E-state index is 0.0902. The molecule has 0 atom stereocenters. The number of aromatic amines is 1. The van der Waals surface area contributed by atoms with E-state index >= 15 is 0 Å². The highest BCUT2D eigenvalue weighted by molar-refractivity contribution is 7.89. The van der Waals surface area contributed by atoms with Crippen molar-refractivity contribution in [2.45, 2.75) is 59.2 Å². The number of sulfonamides is 1. The zero-order valence-electron chi connectivity index (χ0n) is 13.2. The molecule has 0 aliphatic rings. The van der Waals surface area contributed by atoms with Crippen LogP contribution in [0.1, 0.15) is 45.9 Å². The third-order valence-corrected chi connectivity index (χ3v) is 4.14. The van der Waals surface area contributed by atoms with Crippen LogP contribution in [0.5, 0.6) is 0 Å². The topological polar surface area (TPSA) is 86.9 Å². The van der Waals surface area contributed by atoms with Gasteiger partial charge in [-0.25, -0.2) is 13.1 Å². The predicted molar refractivity (Wildman–Crippen MR) is 79.9 cm³/mol. The Morgan fingerprint density at radius 3 is 2.40 bits per heavy atom. The van der Waals surface area contributed by atoms with Crippen LogP contribution in [-0.4, -0.2) is 31.2 Å². The average molecular weight is 302 g/mol. The van der Waals surface area contributed by atoms with E-state index < -0.39 is 10.0 Å². The van der Waals surface area contributed by atoms with Crippen molar-refractivity contribution in [3.63, 3.8) is 0 Å². The quantitative estimate of drug-likeness (QED) is 0.744. The highest BCUT2D eigenvalue weighted by Crippen LogP contribution is 2.18. The smallest absolute Gasteiger partial charge is 0.260 e. The van der Waals surface area contributed by atoms with Crippen molar-refractivity contribution in [1.82, 2.24) is 20.2 Å². The number of rotatable bonds is 6. The molecular weight excluding hydrogens is 276 g/mol. The van der Waals surface area contributed by atoms with Gasteiger partial charge in [0.15, 0.2) is 5.03 Å². The van der Waals surface area contributed by atoms with E-state index in [-0.39, 0.29) is 16.5 Å². The van der Waals surface area contributed by atoms with Crippen molar-refractivity contribution in [1.29, 1.82) is 0 Å². The lowest BCUT2D eigenvalue weighted by atomic mass is 9.98. The van der Waals surface area contributed by atoms with Crippen LogP contribution >= 0.6 is 0 Å². The lowest BCUT2D eigenvalue weighted by molar-refractivity contribution is 0.407. The van der Waals surface area contributed by atoms with Crippen molar-refractivity contribution in [2.75, 3.05) is 6.54 Å². The van der Waals surface area contributed by atoms with Crippen molar-refractivity contribution in [3.05, 3.63) is 11.3 Å². The van der Waals surface area contributed by atoms with E-state index in [1.807, 2.05) is 41.5 Å². The molecule has 0 unspecified atom stereocenters. The molecule has 0 bridgehead atoms. The fraction of sp³-hybridized carbons (Fsp3) is 0.769. The van der Waals surface area contributed by atoms with Crippen LogP contribution in [0.4, 0.5) is 0 Å². The highest BCUT2D eigenvalue weighted by Gasteiger charge is 2.25. The first kappa shape index (κ1) is 17.1. The van der Waals surface area contributed by atoms with E-state index in [1.54, 1.807) is 0 Å². The zero-order chi connectivity index (χ0) is 15.6. The molecule has 0 saturated heterocycles. The van der Waals surface area contributed by atoms with Gasteiger partial charge in [-0.3, -0.25) is 5.10 Å². The van der Waals surface area contributed by atoms with Crippen LogP contribution in [0.15, 0.2) is 5.03 Å². The number of H-pyrrole nitrogens is 1. The van der Waals surface area contributed by atoms with E-state index in [4.69, 9.17) is 0 Å². The van der Waals surface area contributed by atoms with Crippen LogP contribution in [0.25, 0.3) is 0 Å². The Balaban J connectivity index is 2.95. The fourth-order valence-electron chi connectivity index (χ4n) is 1.55. The second kappa shape index (κ2) is 6.24. The van der Waals surface area contributed by atoms with Gasteiger partial charge in [-0.15, -0.1) is 0 Å². The molecule has 1 rings (SSSR count). The van der Waals surface area contributed by atoms with Gasteiger partial charge < -0.3 is 5.32 Å². The molecule has 0 aliphatic carbocycles. The van der Waals surface area contributed by atoms with Gasteiger partial charge in [0.2, 0.25) is 0 Å². The summed E-state index contributed by atoms with van der Waals surface area (Å²) in [6.45, 7) is 12.6. The number of hydrogen-bond acceptors (Lipinski definition) is 4. The maximum Gasteiger partial charge on any atom is 0.260 e. The van der Waals surface area contributed by atoms with E-state index in [9.17, 15) is 8.42 Å². The Kier molecular flexibility index (Phi) is 5.34. The van der Waals surface area contributed by atoms with E-state index in [2.05, 4.69) is 20.2 Å². The monoisotopic (exact) mass is 302 g/mol. The standard InChI is InChI=1S/C13H26N4O2S/c1-9(2)14-7-11-10(3)16-17-12(11)20(18,19)15-8-13(4,5)6/h9,14-15H,7-8H2,1-6H3,(H,16,17). The largest absolute Gasteiger partial charge is 0.310 e. The number of hydrogen-bond donors (Lipinski definition) is 3. The first-order valence-corrected chi connectivity index (χ1v) is 8.28. The Morgan fingerprint density at radius 2 is 1.90 bits per heavy atom. The van der Waals surface area contributed by atoms with Crippen molar-refractivity contribution in [2.24, 2.45) is 5.41 Å². The summed E-state index contributed by atoms with van der Waals surface area (Å²) in [6, 6.07) is 0.280. The van der Waals surface area contributed by atoms with Gasteiger partial charge >= 0.3 is 0 Å². The molecule has 0 aliphatic heterocycles. The van der Waals surface area contributed by atoms with Gasteiger partial charge in [0.05, 0.1) is 0 Å². The summed E-state index contributed by atoms with van der Waals surface area (Å²) in [7, 11) is -3.58. The second-order valence-corrected chi connectivity index (χ2v) is 8.24. The first-order chi connectivity index (χ1) is 9.03. The van der Waals surface area contributed by atoms with Gasteiger partial charge in [-0.05, 0) is 12.3 Å². The molecule has 0 spiro atoms. The lowest BCUT2D eigenvalue weighted by Gasteiger charge is -2.18. The molecule has 0 saturated carbocycles. The molecular formula is C13H26N4O2S. The van der Waals surface area contributed by atoms with Crippen LogP contribution in [0, 0.1) is 12.3 Å². The SMILES string of the molecule is Cc1[nH]nc(S(=O)(=O)NCC(C)(C)C)c1CNC(C)C. The summed E-state index contributed by atoms with van der Waals surface area (Å²) in [4.78, 5) is 0. The average Bonchev–Trinajstić information content (AvgIpc) is 2.65. The fourth-order valence-corrected chi connectivity index (χ4v) is 3.02. The summed E-state index contributed by atoms with van der Waals surface area (Å²) in [5.41, 5.74) is 1.35. The van der Waals surface area contributed by atoms with Gasteiger partial charge in [0, 0.05) is 30.4 Å². The third kappa shape index (κ3) is 4.88. The first-order valence-electron chi connectivity index (χ1n) is 6.80. The maximum absolute atomic E-state index is 12.3. The second-order valence-electron chi connectivity index (χ2n) is 6.55. The highest BCUT2D eigenvalue weighted by atomic mass is 32.2. The van der Waals surface area contributed by atoms with Crippen molar-refractivity contribution >= 4 is 10.0 Å². The van der Waals surface area contributed by atoms with E-state index in [0.29, 0.717) is 18.7 Å². The molecule has 1 aromatic rings. The molecule has 0 radical (unpaired) electrons. The third-order valence-electron chi connectivity index (χ3n) is 2.77. The van der Waals surface area contributed by atoms with Crippen LogP contribution in [-0.2, 0) is 16.6 Å². The van der Waals surface area contributed by atoms with Crippen molar-refractivity contribution < 1.29 is 8.42 Å². The van der Waals surface area contributed by atoms with Crippen LogP contribution < -0.4 is 10.0 Å². The normalized spacial score (nSPS) is 13.2. The Hall–Kier alpha value is -0.920. The molecule has 1 heterocycles. The van der Waals surface area contributed by atoms with E-state index in [0.717, 1.165) is 5.69 Å². The summed E-state index contributed by atoms with van der Waals surface area (Å²) in [6.07, 6.45) is 0. The van der Waals surface area contributed by atoms with E-state index in [1.165, 1.54) is 0 Å². The zero-order valence-corrected chi connectivity index (χ0v) is 14.0. The maximum atomic E-state index is 12.3. The van der Waals surface area contributed by atoms with Gasteiger partial charge in [-0.2, -0.15) is 5.10 Å². The predicted octanol–water partition coefficient (Wildman–Crippen LogP) is 1.54. The number of nitrogens with zero attached hydrogens (tertiary/aromatic N) is 1. The number of aromatic nitrogens is 2. The van der Waals surface area contributed by atoms with Gasteiger partial charge in [-0.1, -0.05) is 34.6 Å². The Bertz CT molecular complexity index is 541. The lowest BCUT2D eigenvalue weighted by Crippen LogP contribution is -2.33. The van der Waals surface area contributed by atoms with Gasteiger partial charge in [0.25, 0.3) is 10.0 Å². The minimum atomic E-state index is -3.58. The van der Waals surface area contributed by atoms with Crippen molar-refractivity contribution in [3.8, 4) is 0 Å². The summed E-state index contributed by atoms with van der Waals surface area (Å²) in [5.74, 6) is 0. The number of aryl methyl sites for hydroxylation is 1. The Labute approximate surface area is 121 Å². The molecule has 6 nitrogen and oxygen atoms in total. The summed E-state index contributed by atoms with van der Waals surface area (Å²) >= 11 is 0. The molecule has 0 fully saturated rings. The van der Waals surface area contributed by atoms with Gasteiger partial charge in [0.1, 0.15) is 0 Å². The summed E-state index contributed by atoms with van der Waals surface area (Å²) < 4.78 is 27.3. The molecule has 3 N–H and O–H groups in total. The Morgan fingerprint density at radius 1 is 1.30 bits per heavy atom. The summed E-state index contributed by atoms with van der Waals surface area (Å²) in [5, 5.41) is 10.0. The molecule has 1 aromatic heterocycles.